The van der Waals surface area contributed by atoms with Crippen molar-refractivity contribution < 1.29 is 4.79 Å². The number of piperazine rings is 1. The Bertz CT molecular complexity index is 786. The molecule has 1 aliphatic heterocycles. The average molecular weight is 359 g/mol. The number of carbonyl (C=O) groups is 1. The molecule has 1 aromatic carbocycles. The number of benzene rings is 1. The van der Waals surface area contributed by atoms with Crippen LogP contribution in [0.2, 0.25) is 0 Å². The molecule has 3 rings (SSSR count). The first-order valence-electron chi connectivity index (χ1n) is 8.12. The van der Waals surface area contributed by atoms with Gasteiger partial charge in [0.2, 0.25) is 0 Å². The maximum Gasteiger partial charge on any atom is 0.317 e. The smallest absolute Gasteiger partial charge is 0.317 e. The van der Waals surface area contributed by atoms with E-state index in [1.165, 1.54) is 11.1 Å². The average Bonchev–Trinajstić information content (AvgIpc) is 2.67. The standard InChI is InChI=1S/C17H21N5O2S/c1-25-14-4-2-3-13(11-14)12-20-17(24)22-9-7-21(8-10-22)15-16(23)19-6-5-18-15/h2-6,11H,7-10,12H2,1H3,(H,19,23)(H,20,24). The number of rotatable bonds is 4. The number of carbonyl (C=O) groups excluding carboxylic acids is 1. The van der Waals surface area contributed by atoms with E-state index < -0.39 is 0 Å². The summed E-state index contributed by atoms with van der Waals surface area (Å²) in [6, 6.07) is 8.05. The van der Waals surface area contributed by atoms with Crippen LogP contribution in [0.4, 0.5) is 10.6 Å². The largest absolute Gasteiger partial charge is 0.348 e. The van der Waals surface area contributed by atoms with Crippen molar-refractivity contribution in [3.05, 3.63) is 52.6 Å². The zero-order chi connectivity index (χ0) is 17.6. The van der Waals surface area contributed by atoms with Crippen LogP contribution in [0.1, 0.15) is 5.56 Å². The molecule has 2 amide bonds. The van der Waals surface area contributed by atoms with E-state index in [0.717, 1.165) is 5.56 Å². The summed E-state index contributed by atoms with van der Waals surface area (Å²) in [6.07, 6.45) is 5.12. The van der Waals surface area contributed by atoms with Gasteiger partial charge in [0.25, 0.3) is 5.56 Å². The van der Waals surface area contributed by atoms with E-state index in [-0.39, 0.29) is 11.6 Å². The van der Waals surface area contributed by atoms with Crippen molar-refractivity contribution in [3.63, 3.8) is 0 Å². The van der Waals surface area contributed by atoms with Crippen LogP contribution >= 0.6 is 11.8 Å². The number of urea groups is 1. The fraction of sp³-hybridized carbons (Fsp3) is 0.353. The Balaban J connectivity index is 1.51. The predicted molar refractivity (Wildman–Crippen MR) is 99.1 cm³/mol. The molecule has 1 fully saturated rings. The van der Waals surface area contributed by atoms with Crippen molar-refractivity contribution in [3.8, 4) is 0 Å². The molecule has 0 unspecified atom stereocenters. The topological polar surface area (TPSA) is 81.3 Å². The van der Waals surface area contributed by atoms with Crippen molar-refractivity contribution in [2.75, 3.05) is 37.3 Å². The molecule has 0 atom stereocenters. The van der Waals surface area contributed by atoms with Crippen LogP contribution in [-0.2, 0) is 6.54 Å². The van der Waals surface area contributed by atoms with Crippen LogP contribution in [0.5, 0.6) is 0 Å². The zero-order valence-corrected chi connectivity index (χ0v) is 14.9. The van der Waals surface area contributed by atoms with Crippen molar-refractivity contribution in [2.45, 2.75) is 11.4 Å². The minimum absolute atomic E-state index is 0.0795. The first-order chi connectivity index (χ1) is 12.2. The number of H-pyrrole nitrogens is 1. The summed E-state index contributed by atoms with van der Waals surface area (Å²) in [5.74, 6) is 0.413. The number of hydrogen-bond acceptors (Lipinski definition) is 5. The van der Waals surface area contributed by atoms with E-state index in [4.69, 9.17) is 0 Å². The molecule has 2 heterocycles. The number of anilines is 1. The Morgan fingerprint density at radius 3 is 2.84 bits per heavy atom. The predicted octanol–water partition coefficient (Wildman–Crippen LogP) is 1.52. The van der Waals surface area contributed by atoms with E-state index in [0.29, 0.717) is 38.5 Å². The second kappa shape index (κ2) is 8.06. The zero-order valence-electron chi connectivity index (χ0n) is 14.1. The van der Waals surface area contributed by atoms with Crippen molar-refractivity contribution in [1.29, 1.82) is 0 Å². The molecular formula is C17H21N5O2S. The summed E-state index contributed by atoms with van der Waals surface area (Å²) in [6.45, 7) is 2.82. The molecule has 2 N–H and O–H groups in total. The number of nitrogens with one attached hydrogen (secondary N) is 2. The van der Waals surface area contributed by atoms with Gasteiger partial charge in [-0.15, -0.1) is 11.8 Å². The van der Waals surface area contributed by atoms with Crippen LogP contribution in [-0.4, -0.2) is 53.3 Å². The number of thioether (sulfide) groups is 1. The summed E-state index contributed by atoms with van der Waals surface area (Å²) in [4.78, 5) is 35.7. The van der Waals surface area contributed by atoms with Gasteiger partial charge in [-0.3, -0.25) is 4.79 Å². The molecule has 132 valence electrons. The lowest BCUT2D eigenvalue weighted by Crippen LogP contribution is -2.52. The highest BCUT2D eigenvalue weighted by Gasteiger charge is 2.23. The molecule has 1 saturated heterocycles. The van der Waals surface area contributed by atoms with Gasteiger partial charge in [0.1, 0.15) is 0 Å². The molecule has 0 aliphatic carbocycles. The highest BCUT2D eigenvalue weighted by atomic mass is 32.2. The molecule has 0 saturated carbocycles. The van der Waals surface area contributed by atoms with E-state index in [1.807, 2.05) is 23.3 Å². The maximum absolute atomic E-state index is 12.3. The van der Waals surface area contributed by atoms with Gasteiger partial charge in [-0.05, 0) is 24.0 Å². The monoisotopic (exact) mass is 359 g/mol. The molecule has 25 heavy (non-hydrogen) atoms. The van der Waals surface area contributed by atoms with Crippen molar-refractivity contribution in [2.24, 2.45) is 0 Å². The second-order valence-electron chi connectivity index (χ2n) is 5.73. The number of nitrogens with zero attached hydrogens (tertiary/aromatic N) is 3. The van der Waals surface area contributed by atoms with E-state index in [1.54, 1.807) is 22.9 Å². The van der Waals surface area contributed by atoms with Gasteiger partial charge in [-0.1, -0.05) is 12.1 Å². The van der Waals surface area contributed by atoms with E-state index in [2.05, 4.69) is 27.4 Å². The summed E-state index contributed by atoms with van der Waals surface area (Å²) in [7, 11) is 0. The molecule has 0 radical (unpaired) electrons. The lowest BCUT2D eigenvalue weighted by molar-refractivity contribution is 0.193. The molecule has 7 nitrogen and oxygen atoms in total. The van der Waals surface area contributed by atoms with Gasteiger partial charge < -0.3 is 20.1 Å². The van der Waals surface area contributed by atoms with Crippen LogP contribution in [0.25, 0.3) is 0 Å². The quantitative estimate of drug-likeness (QED) is 0.809. The van der Waals surface area contributed by atoms with E-state index in [9.17, 15) is 9.59 Å². The molecule has 8 heteroatoms. The molecule has 0 bridgehead atoms. The van der Waals surface area contributed by atoms with Crippen LogP contribution < -0.4 is 15.8 Å². The summed E-state index contributed by atoms with van der Waals surface area (Å²) in [5.41, 5.74) is 0.882. The molecule has 1 aliphatic rings. The van der Waals surface area contributed by atoms with E-state index >= 15 is 0 Å². The van der Waals surface area contributed by atoms with Gasteiger partial charge in [-0.25, -0.2) is 9.78 Å². The maximum atomic E-state index is 12.3. The van der Waals surface area contributed by atoms with Gasteiger partial charge in [0.05, 0.1) is 0 Å². The second-order valence-corrected chi connectivity index (χ2v) is 6.61. The summed E-state index contributed by atoms with van der Waals surface area (Å²) in [5, 5.41) is 2.96. The number of hydrogen-bond donors (Lipinski definition) is 2. The normalized spacial score (nSPS) is 14.4. The SMILES string of the molecule is CSc1cccc(CNC(=O)N2CCN(c3ncc[nH]c3=O)CC2)c1. The Kier molecular flexibility index (Phi) is 5.60. The van der Waals surface area contributed by atoms with Crippen molar-refractivity contribution >= 4 is 23.6 Å². The Labute approximate surface area is 150 Å². The lowest BCUT2D eigenvalue weighted by atomic mass is 10.2. The van der Waals surface area contributed by atoms with Gasteiger partial charge in [0.15, 0.2) is 5.82 Å². The van der Waals surface area contributed by atoms with Crippen LogP contribution in [0.15, 0.2) is 46.3 Å². The Hall–Kier alpha value is -2.48. The van der Waals surface area contributed by atoms with Gasteiger partial charge >= 0.3 is 6.03 Å². The first-order valence-corrected chi connectivity index (χ1v) is 9.34. The Morgan fingerprint density at radius 1 is 1.32 bits per heavy atom. The third-order valence-corrected chi connectivity index (χ3v) is 4.86. The third-order valence-electron chi connectivity index (χ3n) is 4.13. The third kappa shape index (κ3) is 4.33. The number of amides is 2. The van der Waals surface area contributed by atoms with Crippen LogP contribution in [0, 0.1) is 0 Å². The van der Waals surface area contributed by atoms with Crippen molar-refractivity contribution in [1.82, 2.24) is 20.2 Å². The van der Waals surface area contributed by atoms with Gasteiger partial charge in [-0.2, -0.15) is 0 Å². The number of aromatic nitrogens is 2. The molecule has 1 aromatic heterocycles. The first kappa shape index (κ1) is 17.3. The molecular weight excluding hydrogens is 338 g/mol. The lowest BCUT2D eigenvalue weighted by Gasteiger charge is -2.34. The van der Waals surface area contributed by atoms with Gasteiger partial charge in [0, 0.05) is 50.0 Å². The highest BCUT2D eigenvalue weighted by Crippen LogP contribution is 2.15. The molecule has 2 aromatic rings. The minimum atomic E-state index is -0.200. The molecule has 0 spiro atoms. The summed E-state index contributed by atoms with van der Waals surface area (Å²) >= 11 is 1.68. The highest BCUT2D eigenvalue weighted by molar-refractivity contribution is 7.98. The summed E-state index contributed by atoms with van der Waals surface area (Å²) < 4.78 is 0. The fourth-order valence-corrected chi connectivity index (χ4v) is 3.25. The van der Waals surface area contributed by atoms with Crippen LogP contribution in [0.3, 0.4) is 0 Å². The Morgan fingerprint density at radius 2 is 2.12 bits per heavy atom. The fourth-order valence-electron chi connectivity index (χ4n) is 2.76. The minimum Gasteiger partial charge on any atom is -0.348 e. The number of aromatic amines is 1.